The van der Waals surface area contributed by atoms with Crippen molar-refractivity contribution < 1.29 is 0 Å². The highest BCUT2D eigenvalue weighted by molar-refractivity contribution is 4.83. The zero-order valence-corrected chi connectivity index (χ0v) is 9.50. The minimum absolute atomic E-state index is 0.676. The van der Waals surface area contributed by atoms with E-state index in [2.05, 4.69) is 29.1 Å². The van der Waals surface area contributed by atoms with Gasteiger partial charge in [-0.05, 0) is 33.4 Å². The fourth-order valence-corrected chi connectivity index (χ4v) is 2.69. The zero-order chi connectivity index (χ0) is 9.97. The number of likely N-dealkylation sites (tertiary alicyclic amines) is 1. The number of piperazine rings is 1. The average Bonchev–Trinajstić information content (AvgIpc) is 2.52. The summed E-state index contributed by atoms with van der Waals surface area (Å²) in [4.78, 5) is 5.14. The van der Waals surface area contributed by atoms with E-state index >= 15 is 0 Å². The quantitative estimate of drug-likeness (QED) is 0.690. The van der Waals surface area contributed by atoms with Crippen molar-refractivity contribution in [2.24, 2.45) is 0 Å². The molecule has 82 valence electrons. The lowest BCUT2D eigenvalue weighted by Crippen LogP contribution is -2.52. The number of hydrogen-bond donors (Lipinski definition) is 1. The lowest BCUT2D eigenvalue weighted by Gasteiger charge is -2.35. The topological polar surface area (TPSA) is 18.5 Å². The van der Waals surface area contributed by atoms with Crippen LogP contribution in [-0.2, 0) is 0 Å². The maximum atomic E-state index is 3.49. The standard InChI is InChI=1S/C11H23N3/c1-10-8-14(7-5-12-10)9-11-4-3-6-13(11)2/h10-12H,3-9H2,1-2H3. The second kappa shape index (κ2) is 4.60. The molecule has 2 unspecified atom stereocenters. The summed E-state index contributed by atoms with van der Waals surface area (Å²) < 4.78 is 0. The van der Waals surface area contributed by atoms with Crippen LogP contribution >= 0.6 is 0 Å². The van der Waals surface area contributed by atoms with E-state index in [9.17, 15) is 0 Å². The summed E-state index contributed by atoms with van der Waals surface area (Å²) in [6.45, 7) is 8.48. The van der Waals surface area contributed by atoms with Gasteiger partial charge in [0.15, 0.2) is 0 Å². The summed E-state index contributed by atoms with van der Waals surface area (Å²) in [6.07, 6.45) is 2.79. The summed E-state index contributed by atoms with van der Waals surface area (Å²) in [5.74, 6) is 0. The third kappa shape index (κ3) is 2.47. The maximum absolute atomic E-state index is 3.49. The van der Waals surface area contributed by atoms with Crippen molar-refractivity contribution in [2.45, 2.75) is 31.8 Å². The molecule has 0 radical (unpaired) electrons. The normalized spacial score (nSPS) is 36.4. The summed E-state index contributed by atoms with van der Waals surface area (Å²) >= 11 is 0. The van der Waals surface area contributed by atoms with E-state index in [4.69, 9.17) is 0 Å². The first-order valence-corrected chi connectivity index (χ1v) is 5.91. The van der Waals surface area contributed by atoms with Gasteiger partial charge in [0.05, 0.1) is 0 Å². The highest BCUT2D eigenvalue weighted by Crippen LogP contribution is 2.16. The number of hydrogen-bond acceptors (Lipinski definition) is 3. The van der Waals surface area contributed by atoms with Gasteiger partial charge in [-0.3, -0.25) is 4.90 Å². The molecule has 2 saturated heterocycles. The number of nitrogens with one attached hydrogen (secondary N) is 1. The van der Waals surface area contributed by atoms with Crippen LogP contribution in [0.5, 0.6) is 0 Å². The van der Waals surface area contributed by atoms with Crippen LogP contribution in [-0.4, -0.2) is 61.7 Å². The van der Waals surface area contributed by atoms with Gasteiger partial charge < -0.3 is 10.2 Å². The van der Waals surface area contributed by atoms with Crippen LogP contribution in [0.4, 0.5) is 0 Å². The van der Waals surface area contributed by atoms with Crippen LogP contribution in [0.25, 0.3) is 0 Å². The summed E-state index contributed by atoms with van der Waals surface area (Å²) in [5.41, 5.74) is 0. The third-order valence-electron chi connectivity index (χ3n) is 3.59. The minimum atomic E-state index is 0.676. The molecular weight excluding hydrogens is 174 g/mol. The lowest BCUT2D eigenvalue weighted by molar-refractivity contribution is 0.157. The van der Waals surface area contributed by atoms with Gasteiger partial charge >= 0.3 is 0 Å². The second-order valence-electron chi connectivity index (χ2n) is 4.89. The Hall–Kier alpha value is -0.120. The molecule has 2 aliphatic rings. The van der Waals surface area contributed by atoms with Crippen molar-refractivity contribution in [3.8, 4) is 0 Å². The first-order valence-electron chi connectivity index (χ1n) is 5.91. The Morgan fingerprint density at radius 2 is 2.21 bits per heavy atom. The van der Waals surface area contributed by atoms with Gasteiger partial charge in [0, 0.05) is 38.3 Å². The van der Waals surface area contributed by atoms with Crippen molar-refractivity contribution in [2.75, 3.05) is 39.8 Å². The van der Waals surface area contributed by atoms with Crippen molar-refractivity contribution in [3.05, 3.63) is 0 Å². The monoisotopic (exact) mass is 197 g/mol. The number of rotatable bonds is 2. The fraction of sp³-hybridized carbons (Fsp3) is 1.00. The molecular formula is C11H23N3. The highest BCUT2D eigenvalue weighted by atomic mass is 15.2. The Morgan fingerprint density at radius 3 is 2.86 bits per heavy atom. The zero-order valence-electron chi connectivity index (χ0n) is 9.50. The lowest BCUT2D eigenvalue weighted by atomic mass is 10.1. The molecule has 0 bridgehead atoms. The summed E-state index contributed by atoms with van der Waals surface area (Å²) in [6, 6.07) is 1.50. The molecule has 0 aromatic rings. The van der Waals surface area contributed by atoms with E-state index in [0.717, 1.165) is 12.6 Å². The van der Waals surface area contributed by atoms with E-state index in [0.29, 0.717) is 6.04 Å². The number of likely N-dealkylation sites (N-methyl/N-ethyl adjacent to an activating group) is 1. The Morgan fingerprint density at radius 1 is 1.36 bits per heavy atom. The third-order valence-corrected chi connectivity index (χ3v) is 3.59. The van der Waals surface area contributed by atoms with Gasteiger partial charge in [-0.2, -0.15) is 0 Å². The Kier molecular flexibility index (Phi) is 3.42. The molecule has 3 nitrogen and oxygen atoms in total. The van der Waals surface area contributed by atoms with Gasteiger partial charge in [-0.15, -0.1) is 0 Å². The first-order chi connectivity index (χ1) is 6.75. The molecule has 14 heavy (non-hydrogen) atoms. The van der Waals surface area contributed by atoms with Gasteiger partial charge in [-0.1, -0.05) is 0 Å². The Balaban J connectivity index is 1.78. The average molecular weight is 197 g/mol. The van der Waals surface area contributed by atoms with Crippen LogP contribution < -0.4 is 5.32 Å². The van der Waals surface area contributed by atoms with E-state index in [1.807, 2.05) is 0 Å². The Bertz CT molecular complexity index is 183. The molecule has 0 saturated carbocycles. The fourth-order valence-electron chi connectivity index (χ4n) is 2.69. The predicted octanol–water partition coefficient (Wildman–Crippen LogP) is 0.374. The molecule has 2 atom stereocenters. The van der Waals surface area contributed by atoms with Gasteiger partial charge in [0.25, 0.3) is 0 Å². The van der Waals surface area contributed by atoms with Gasteiger partial charge in [-0.25, -0.2) is 0 Å². The predicted molar refractivity (Wildman–Crippen MR) is 59.6 cm³/mol. The van der Waals surface area contributed by atoms with Gasteiger partial charge in [0.2, 0.25) is 0 Å². The van der Waals surface area contributed by atoms with Gasteiger partial charge in [0.1, 0.15) is 0 Å². The van der Waals surface area contributed by atoms with E-state index < -0.39 is 0 Å². The Labute approximate surface area is 87.4 Å². The smallest absolute Gasteiger partial charge is 0.0220 e. The van der Waals surface area contributed by atoms with Crippen molar-refractivity contribution in [3.63, 3.8) is 0 Å². The summed E-state index contributed by atoms with van der Waals surface area (Å²) in [5, 5.41) is 3.49. The van der Waals surface area contributed by atoms with E-state index in [1.165, 1.54) is 39.0 Å². The van der Waals surface area contributed by atoms with Crippen LogP contribution in [0.15, 0.2) is 0 Å². The highest BCUT2D eigenvalue weighted by Gasteiger charge is 2.25. The molecule has 2 fully saturated rings. The molecule has 1 N–H and O–H groups in total. The molecule has 0 aliphatic carbocycles. The van der Waals surface area contributed by atoms with E-state index in [-0.39, 0.29) is 0 Å². The molecule has 0 aromatic heterocycles. The molecule has 2 heterocycles. The van der Waals surface area contributed by atoms with Crippen LogP contribution in [0.2, 0.25) is 0 Å². The van der Waals surface area contributed by atoms with Crippen molar-refractivity contribution >= 4 is 0 Å². The summed E-state index contributed by atoms with van der Waals surface area (Å²) in [7, 11) is 2.27. The van der Waals surface area contributed by atoms with Crippen LogP contribution in [0.3, 0.4) is 0 Å². The molecule has 2 rings (SSSR count). The van der Waals surface area contributed by atoms with Crippen LogP contribution in [0, 0.1) is 0 Å². The molecule has 2 aliphatic heterocycles. The van der Waals surface area contributed by atoms with E-state index in [1.54, 1.807) is 0 Å². The van der Waals surface area contributed by atoms with Crippen molar-refractivity contribution in [1.29, 1.82) is 0 Å². The minimum Gasteiger partial charge on any atom is -0.312 e. The van der Waals surface area contributed by atoms with Crippen LogP contribution in [0.1, 0.15) is 19.8 Å². The number of nitrogens with zero attached hydrogens (tertiary/aromatic N) is 2. The maximum Gasteiger partial charge on any atom is 0.0220 e. The molecule has 3 heteroatoms. The molecule has 0 spiro atoms. The first kappa shape index (κ1) is 10.4. The largest absolute Gasteiger partial charge is 0.312 e. The second-order valence-corrected chi connectivity index (χ2v) is 4.89. The SMILES string of the molecule is CC1CN(CC2CCCN2C)CCN1. The molecule has 0 amide bonds. The van der Waals surface area contributed by atoms with Crippen molar-refractivity contribution in [1.82, 2.24) is 15.1 Å². The molecule has 0 aromatic carbocycles.